The van der Waals surface area contributed by atoms with Crippen LogP contribution in [0.4, 0.5) is 0 Å². The molecule has 4 unspecified atom stereocenters. The molecule has 0 aromatic rings. The number of aliphatic hydroxyl groups excluding tert-OH is 1. The number of hydrogen-bond donors (Lipinski definition) is 1. The van der Waals surface area contributed by atoms with Crippen molar-refractivity contribution >= 4 is 0 Å². The number of fused-ring (bicyclic) bond motifs is 1. The van der Waals surface area contributed by atoms with E-state index >= 15 is 0 Å². The Kier molecular flexibility index (Phi) is 9.45. The summed E-state index contributed by atoms with van der Waals surface area (Å²) in [6.45, 7) is 12.0. The first-order valence-corrected chi connectivity index (χ1v) is 10.8. The lowest BCUT2D eigenvalue weighted by molar-refractivity contribution is -0.232. The second-order valence-electron chi connectivity index (χ2n) is 8.12. The average molecular weight is 389 g/mol. The topological polar surface area (TPSA) is 66.4 Å². The molecule has 27 heavy (non-hydrogen) atoms. The van der Waals surface area contributed by atoms with Gasteiger partial charge < -0.3 is 28.8 Å². The summed E-state index contributed by atoms with van der Waals surface area (Å²) >= 11 is 0. The Morgan fingerprint density at radius 1 is 0.704 bits per heavy atom. The summed E-state index contributed by atoms with van der Waals surface area (Å²) in [7, 11) is 0. The number of hydrogen-bond acceptors (Lipinski definition) is 6. The SMILES string of the molecule is CCCCOC1C(O)[C@H](OCCCC)C(OCCCC)[C@H]2OC(C)(C)OC12. The molecule has 6 atom stereocenters. The Bertz CT molecular complexity index is 415. The quantitative estimate of drug-likeness (QED) is 0.517. The molecule has 0 amide bonds. The maximum Gasteiger partial charge on any atom is 0.164 e. The third-order valence-electron chi connectivity index (χ3n) is 5.23. The van der Waals surface area contributed by atoms with Crippen molar-refractivity contribution in [2.24, 2.45) is 0 Å². The molecular formula is C21H40O6. The van der Waals surface area contributed by atoms with Crippen LogP contribution in [0.3, 0.4) is 0 Å². The normalized spacial score (nSPS) is 35.3. The van der Waals surface area contributed by atoms with Crippen molar-refractivity contribution in [2.75, 3.05) is 19.8 Å². The Hall–Kier alpha value is -0.240. The number of ether oxygens (including phenoxy) is 5. The predicted molar refractivity (Wildman–Crippen MR) is 104 cm³/mol. The van der Waals surface area contributed by atoms with E-state index in [9.17, 15) is 5.11 Å². The minimum atomic E-state index is -0.802. The lowest BCUT2D eigenvalue weighted by atomic mass is 9.84. The van der Waals surface area contributed by atoms with E-state index in [1.54, 1.807) is 0 Å². The maximum absolute atomic E-state index is 11.1. The first-order valence-electron chi connectivity index (χ1n) is 10.8. The molecule has 0 aromatic carbocycles. The van der Waals surface area contributed by atoms with Gasteiger partial charge in [-0.15, -0.1) is 0 Å². The summed E-state index contributed by atoms with van der Waals surface area (Å²) in [5, 5.41) is 11.1. The number of rotatable bonds is 12. The molecular weight excluding hydrogens is 348 g/mol. The van der Waals surface area contributed by atoms with E-state index in [0.29, 0.717) is 19.8 Å². The second kappa shape index (κ2) is 11.1. The van der Waals surface area contributed by atoms with Crippen molar-refractivity contribution in [1.82, 2.24) is 0 Å². The highest BCUT2D eigenvalue weighted by atomic mass is 16.8. The van der Waals surface area contributed by atoms with Crippen LogP contribution in [0, 0.1) is 0 Å². The maximum atomic E-state index is 11.1. The zero-order valence-electron chi connectivity index (χ0n) is 17.8. The summed E-state index contributed by atoms with van der Waals surface area (Å²) in [5.41, 5.74) is 0. The summed E-state index contributed by atoms with van der Waals surface area (Å²) in [6, 6.07) is 0. The van der Waals surface area contributed by atoms with Gasteiger partial charge in [-0.05, 0) is 33.1 Å². The van der Waals surface area contributed by atoms with Gasteiger partial charge in [0.1, 0.15) is 36.6 Å². The molecule has 1 aliphatic heterocycles. The molecule has 2 fully saturated rings. The highest BCUT2D eigenvalue weighted by Gasteiger charge is 2.59. The molecule has 0 bridgehead atoms. The lowest BCUT2D eigenvalue weighted by Gasteiger charge is -2.44. The first-order chi connectivity index (χ1) is 12.9. The highest BCUT2D eigenvalue weighted by molar-refractivity contribution is 5.06. The van der Waals surface area contributed by atoms with Crippen LogP contribution in [0.1, 0.15) is 73.1 Å². The van der Waals surface area contributed by atoms with Gasteiger partial charge in [0.15, 0.2) is 5.79 Å². The summed E-state index contributed by atoms with van der Waals surface area (Å²) in [6.07, 6.45) is 3.22. The second-order valence-corrected chi connectivity index (χ2v) is 8.12. The smallest absolute Gasteiger partial charge is 0.164 e. The van der Waals surface area contributed by atoms with Gasteiger partial charge in [-0.25, -0.2) is 0 Å². The van der Waals surface area contributed by atoms with Gasteiger partial charge in [0.05, 0.1) is 0 Å². The van der Waals surface area contributed by atoms with Gasteiger partial charge in [-0.1, -0.05) is 40.0 Å². The molecule has 1 N–H and O–H groups in total. The minimum absolute atomic E-state index is 0.307. The van der Waals surface area contributed by atoms with Crippen molar-refractivity contribution in [3.63, 3.8) is 0 Å². The zero-order valence-corrected chi connectivity index (χ0v) is 17.8. The van der Waals surface area contributed by atoms with Gasteiger partial charge in [-0.2, -0.15) is 0 Å². The summed E-state index contributed by atoms with van der Waals surface area (Å²) in [5.74, 6) is -0.730. The molecule has 1 saturated heterocycles. The average Bonchev–Trinajstić information content (AvgIpc) is 2.95. The van der Waals surface area contributed by atoms with E-state index in [1.165, 1.54) is 0 Å². The monoisotopic (exact) mass is 388 g/mol. The Morgan fingerprint density at radius 3 is 1.59 bits per heavy atom. The van der Waals surface area contributed by atoms with Gasteiger partial charge in [0.2, 0.25) is 0 Å². The summed E-state index contributed by atoms with van der Waals surface area (Å²) < 4.78 is 30.7. The van der Waals surface area contributed by atoms with Crippen LogP contribution in [0.5, 0.6) is 0 Å². The van der Waals surface area contributed by atoms with Crippen LogP contribution in [0.25, 0.3) is 0 Å². The van der Waals surface area contributed by atoms with Crippen molar-refractivity contribution in [1.29, 1.82) is 0 Å². The van der Waals surface area contributed by atoms with Crippen LogP contribution < -0.4 is 0 Å². The van der Waals surface area contributed by atoms with E-state index in [-0.39, 0.29) is 18.3 Å². The van der Waals surface area contributed by atoms with E-state index < -0.39 is 24.1 Å². The van der Waals surface area contributed by atoms with Gasteiger partial charge in [-0.3, -0.25) is 0 Å². The van der Waals surface area contributed by atoms with Crippen LogP contribution in [-0.2, 0) is 23.7 Å². The van der Waals surface area contributed by atoms with Crippen LogP contribution in [-0.4, -0.2) is 67.3 Å². The molecule has 0 aromatic heterocycles. The molecule has 6 heteroatoms. The fraction of sp³-hybridized carbons (Fsp3) is 1.00. The van der Waals surface area contributed by atoms with E-state index in [1.807, 2.05) is 13.8 Å². The Labute approximate surface area is 164 Å². The van der Waals surface area contributed by atoms with Gasteiger partial charge >= 0.3 is 0 Å². The minimum Gasteiger partial charge on any atom is -0.387 e. The molecule has 2 aliphatic rings. The number of aliphatic hydroxyl groups is 1. The first kappa shape index (κ1) is 23.0. The van der Waals surface area contributed by atoms with Crippen LogP contribution >= 0.6 is 0 Å². The molecule has 1 saturated carbocycles. The Balaban J connectivity index is 2.18. The third-order valence-corrected chi connectivity index (χ3v) is 5.23. The molecule has 0 spiro atoms. The van der Waals surface area contributed by atoms with Gasteiger partial charge in [0.25, 0.3) is 0 Å². The molecule has 0 radical (unpaired) electrons. The largest absolute Gasteiger partial charge is 0.387 e. The highest BCUT2D eigenvalue weighted by Crippen LogP contribution is 2.40. The molecule has 6 nitrogen and oxygen atoms in total. The van der Waals surface area contributed by atoms with E-state index in [0.717, 1.165) is 38.5 Å². The van der Waals surface area contributed by atoms with Crippen LogP contribution in [0.2, 0.25) is 0 Å². The zero-order chi connectivity index (χ0) is 19.9. The van der Waals surface area contributed by atoms with E-state index in [2.05, 4.69) is 20.8 Å². The fourth-order valence-electron chi connectivity index (χ4n) is 3.76. The third kappa shape index (κ3) is 6.12. The molecule has 160 valence electrons. The lowest BCUT2D eigenvalue weighted by Crippen LogP contribution is -2.64. The van der Waals surface area contributed by atoms with E-state index in [4.69, 9.17) is 23.7 Å². The Morgan fingerprint density at radius 2 is 1.11 bits per heavy atom. The molecule has 2 rings (SSSR count). The van der Waals surface area contributed by atoms with Crippen molar-refractivity contribution in [3.8, 4) is 0 Å². The molecule has 1 aliphatic carbocycles. The van der Waals surface area contributed by atoms with Crippen molar-refractivity contribution in [2.45, 2.75) is 116 Å². The van der Waals surface area contributed by atoms with Crippen molar-refractivity contribution < 1.29 is 28.8 Å². The standard InChI is InChI=1S/C21H40O6/c1-6-9-12-23-16-15(22)17(24-13-10-7-2)19-20(27-21(4,5)26-19)18(16)25-14-11-8-3/h15-20,22H,6-14H2,1-5H3/t15?,16-,17?,18?,19?,20+/m0/s1. The fourth-order valence-corrected chi connectivity index (χ4v) is 3.76. The predicted octanol–water partition coefficient (Wildman–Crippen LogP) is 3.44. The summed E-state index contributed by atoms with van der Waals surface area (Å²) in [4.78, 5) is 0. The van der Waals surface area contributed by atoms with Crippen LogP contribution in [0.15, 0.2) is 0 Å². The van der Waals surface area contributed by atoms with Crippen molar-refractivity contribution in [3.05, 3.63) is 0 Å². The molecule has 1 heterocycles. The number of unbranched alkanes of at least 4 members (excludes halogenated alkanes) is 3. The van der Waals surface area contributed by atoms with Gasteiger partial charge in [0, 0.05) is 19.8 Å².